The Morgan fingerprint density at radius 2 is 2.28 bits per heavy atom. The summed E-state index contributed by atoms with van der Waals surface area (Å²) < 4.78 is 5.51. The van der Waals surface area contributed by atoms with Gasteiger partial charge in [-0.3, -0.25) is 10.1 Å². The standard InChI is InChI=1S/C13H16N2O3/c1-2-5-10(13(16)17)14-8-12-15-9-6-3-4-7-11(9)18-12/h3-4,6-7,10,14H,2,5,8H2,1H3,(H,16,17). The number of carbonyl (C=O) groups is 1. The van der Waals surface area contributed by atoms with E-state index in [0.29, 0.717) is 18.9 Å². The van der Waals surface area contributed by atoms with Gasteiger partial charge in [0.2, 0.25) is 5.89 Å². The summed E-state index contributed by atoms with van der Waals surface area (Å²) in [6.07, 6.45) is 1.41. The van der Waals surface area contributed by atoms with E-state index in [1.807, 2.05) is 31.2 Å². The summed E-state index contributed by atoms with van der Waals surface area (Å²) in [5.41, 5.74) is 1.51. The first kappa shape index (κ1) is 12.6. The van der Waals surface area contributed by atoms with Crippen LogP contribution in [0.5, 0.6) is 0 Å². The van der Waals surface area contributed by atoms with Crippen LogP contribution in [0.4, 0.5) is 0 Å². The lowest BCUT2D eigenvalue weighted by Crippen LogP contribution is -2.36. The summed E-state index contributed by atoms with van der Waals surface area (Å²) in [5.74, 6) is -0.327. The molecule has 1 unspecified atom stereocenters. The summed E-state index contributed by atoms with van der Waals surface area (Å²) in [7, 11) is 0. The van der Waals surface area contributed by atoms with Crippen LogP contribution in [-0.4, -0.2) is 22.1 Å². The van der Waals surface area contributed by atoms with Gasteiger partial charge in [0.25, 0.3) is 0 Å². The summed E-state index contributed by atoms with van der Waals surface area (Å²) in [5, 5.41) is 12.0. The first-order valence-corrected chi connectivity index (χ1v) is 6.01. The van der Waals surface area contributed by atoms with E-state index >= 15 is 0 Å². The highest BCUT2D eigenvalue weighted by Crippen LogP contribution is 2.14. The van der Waals surface area contributed by atoms with Crippen LogP contribution >= 0.6 is 0 Å². The molecule has 0 amide bonds. The lowest BCUT2D eigenvalue weighted by molar-refractivity contribution is -0.139. The minimum absolute atomic E-state index is 0.325. The van der Waals surface area contributed by atoms with Gasteiger partial charge in [-0.15, -0.1) is 0 Å². The fraction of sp³-hybridized carbons (Fsp3) is 0.385. The number of nitrogens with zero attached hydrogens (tertiary/aromatic N) is 1. The molecule has 0 saturated heterocycles. The molecule has 96 valence electrons. The molecular formula is C13H16N2O3. The lowest BCUT2D eigenvalue weighted by atomic mass is 10.2. The number of carboxylic acids is 1. The van der Waals surface area contributed by atoms with Gasteiger partial charge >= 0.3 is 5.97 Å². The van der Waals surface area contributed by atoms with Crippen LogP contribution < -0.4 is 5.32 Å². The summed E-state index contributed by atoms with van der Waals surface area (Å²) in [6, 6.07) is 6.92. The van der Waals surface area contributed by atoms with Gasteiger partial charge in [0, 0.05) is 0 Å². The minimum atomic E-state index is -0.840. The quantitative estimate of drug-likeness (QED) is 0.819. The molecule has 0 radical (unpaired) electrons. The van der Waals surface area contributed by atoms with Crippen molar-refractivity contribution in [3.05, 3.63) is 30.2 Å². The number of oxazole rings is 1. The van der Waals surface area contributed by atoms with Crippen molar-refractivity contribution in [2.45, 2.75) is 32.4 Å². The summed E-state index contributed by atoms with van der Waals surface area (Å²) >= 11 is 0. The zero-order valence-corrected chi connectivity index (χ0v) is 10.2. The highest BCUT2D eigenvalue weighted by molar-refractivity contribution is 5.73. The van der Waals surface area contributed by atoms with E-state index in [1.165, 1.54) is 0 Å². The van der Waals surface area contributed by atoms with Gasteiger partial charge in [-0.1, -0.05) is 25.5 Å². The smallest absolute Gasteiger partial charge is 0.320 e. The van der Waals surface area contributed by atoms with Crippen LogP contribution in [-0.2, 0) is 11.3 Å². The van der Waals surface area contributed by atoms with Crippen LogP contribution in [0, 0.1) is 0 Å². The first-order valence-electron chi connectivity index (χ1n) is 6.01. The van der Waals surface area contributed by atoms with Crippen molar-refractivity contribution in [2.75, 3.05) is 0 Å². The summed E-state index contributed by atoms with van der Waals surface area (Å²) in [4.78, 5) is 15.3. The molecule has 2 rings (SSSR count). The van der Waals surface area contributed by atoms with E-state index in [4.69, 9.17) is 9.52 Å². The maximum Gasteiger partial charge on any atom is 0.320 e. The van der Waals surface area contributed by atoms with Gasteiger partial charge in [-0.25, -0.2) is 4.98 Å². The van der Waals surface area contributed by atoms with Gasteiger partial charge in [0.05, 0.1) is 6.54 Å². The molecule has 0 aliphatic rings. The Bertz CT molecular complexity index is 503. The number of carboxylic acid groups (broad SMARTS) is 1. The minimum Gasteiger partial charge on any atom is -0.480 e. The third kappa shape index (κ3) is 2.87. The Hall–Kier alpha value is -1.88. The number of rotatable bonds is 6. The Kier molecular flexibility index (Phi) is 3.94. The predicted octanol–water partition coefficient (Wildman–Crippen LogP) is 2.17. The Labute approximate surface area is 105 Å². The number of hydrogen-bond acceptors (Lipinski definition) is 4. The maximum absolute atomic E-state index is 11.0. The molecule has 0 saturated carbocycles. The average molecular weight is 248 g/mol. The van der Waals surface area contributed by atoms with Gasteiger partial charge in [-0.2, -0.15) is 0 Å². The van der Waals surface area contributed by atoms with Crippen LogP contribution in [0.3, 0.4) is 0 Å². The third-order valence-corrected chi connectivity index (χ3v) is 2.71. The predicted molar refractivity (Wildman–Crippen MR) is 67.2 cm³/mol. The molecule has 0 aliphatic heterocycles. The monoisotopic (exact) mass is 248 g/mol. The van der Waals surface area contributed by atoms with Crippen molar-refractivity contribution in [1.82, 2.24) is 10.3 Å². The molecule has 0 spiro atoms. The topological polar surface area (TPSA) is 75.4 Å². The van der Waals surface area contributed by atoms with Gasteiger partial charge in [-0.05, 0) is 18.6 Å². The van der Waals surface area contributed by atoms with Gasteiger partial charge < -0.3 is 9.52 Å². The van der Waals surface area contributed by atoms with Crippen molar-refractivity contribution >= 4 is 17.1 Å². The Morgan fingerprint density at radius 3 is 2.94 bits per heavy atom. The van der Waals surface area contributed by atoms with Crippen molar-refractivity contribution in [3.8, 4) is 0 Å². The van der Waals surface area contributed by atoms with Crippen molar-refractivity contribution in [2.24, 2.45) is 0 Å². The van der Waals surface area contributed by atoms with E-state index in [2.05, 4.69) is 10.3 Å². The fourth-order valence-electron chi connectivity index (χ4n) is 1.81. The van der Waals surface area contributed by atoms with Crippen LogP contribution in [0.2, 0.25) is 0 Å². The van der Waals surface area contributed by atoms with E-state index in [-0.39, 0.29) is 0 Å². The van der Waals surface area contributed by atoms with E-state index in [9.17, 15) is 4.79 Å². The number of nitrogens with one attached hydrogen (secondary N) is 1. The molecule has 1 heterocycles. The van der Waals surface area contributed by atoms with Crippen molar-refractivity contribution in [3.63, 3.8) is 0 Å². The lowest BCUT2D eigenvalue weighted by Gasteiger charge is -2.11. The highest BCUT2D eigenvalue weighted by Gasteiger charge is 2.16. The maximum atomic E-state index is 11.0. The molecule has 5 heteroatoms. The van der Waals surface area contributed by atoms with Crippen LogP contribution in [0.1, 0.15) is 25.7 Å². The third-order valence-electron chi connectivity index (χ3n) is 2.71. The Balaban J connectivity index is 2.02. The molecule has 5 nitrogen and oxygen atoms in total. The molecule has 0 aliphatic carbocycles. The van der Waals surface area contributed by atoms with Crippen LogP contribution in [0.15, 0.2) is 28.7 Å². The SMILES string of the molecule is CCCC(NCc1nc2ccccc2o1)C(=O)O. The number of aromatic nitrogens is 1. The molecule has 0 fully saturated rings. The fourth-order valence-corrected chi connectivity index (χ4v) is 1.81. The molecule has 1 aromatic heterocycles. The van der Waals surface area contributed by atoms with E-state index < -0.39 is 12.0 Å². The van der Waals surface area contributed by atoms with Gasteiger partial charge in [0.1, 0.15) is 11.6 Å². The Morgan fingerprint density at radius 1 is 1.50 bits per heavy atom. The second kappa shape index (κ2) is 5.64. The van der Waals surface area contributed by atoms with E-state index in [1.54, 1.807) is 0 Å². The second-order valence-corrected chi connectivity index (χ2v) is 4.14. The molecule has 2 N–H and O–H groups in total. The largest absolute Gasteiger partial charge is 0.480 e. The molecule has 18 heavy (non-hydrogen) atoms. The molecule has 1 atom stereocenters. The zero-order valence-electron chi connectivity index (χ0n) is 10.2. The zero-order chi connectivity index (χ0) is 13.0. The molecule has 2 aromatic rings. The number of aliphatic carboxylic acids is 1. The molecule has 1 aromatic carbocycles. The van der Waals surface area contributed by atoms with Crippen molar-refractivity contribution < 1.29 is 14.3 Å². The number of para-hydroxylation sites is 2. The summed E-state index contributed by atoms with van der Waals surface area (Å²) in [6.45, 7) is 2.28. The number of hydrogen-bond donors (Lipinski definition) is 2. The van der Waals surface area contributed by atoms with Crippen molar-refractivity contribution in [1.29, 1.82) is 0 Å². The van der Waals surface area contributed by atoms with Gasteiger partial charge in [0.15, 0.2) is 5.58 Å². The highest BCUT2D eigenvalue weighted by atomic mass is 16.4. The average Bonchev–Trinajstić information content (AvgIpc) is 2.76. The van der Waals surface area contributed by atoms with Crippen LogP contribution in [0.25, 0.3) is 11.1 Å². The number of fused-ring (bicyclic) bond motifs is 1. The number of benzene rings is 1. The molecular weight excluding hydrogens is 232 g/mol. The van der Waals surface area contributed by atoms with E-state index in [0.717, 1.165) is 17.5 Å². The normalized spacial score (nSPS) is 12.7. The second-order valence-electron chi connectivity index (χ2n) is 4.14. The first-order chi connectivity index (χ1) is 8.70. The molecule has 0 bridgehead atoms.